The highest BCUT2D eigenvalue weighted by Gasteiger charge is 2.15. The average molecular weight is 331 g/mol. The van der Waals surface area contributed by atoms with E-state index in [4.69, 9.17) is 9.84 Å². The largest absolute Gasteiger partial charge is 0.481 e. The van der Waals surface area contributed by atoms with Crippen LogP contribution in [-0.4, -0.2) is 35.1 Å². The summed E-state index contributed by atoms with van der Waals surface area (Å²) in [5, 5.41) is 11.1. The first kappa shape index (κ1) is 19.2. The fourth-order valence-electron chi connectivity index (χ4n) is 1.68. The third-order valence-electron chi connectivity index (χ3n) is 2.73. The Kier molecular flexibility index (Phi) is 6.99. The number of nitrogens with one attached hydrogen (secondary N) is 1. The molecule has 0 saturated carbocycles. The molecule has 0 saturated heterocycles. The Balaban J connectivity index is 2.49. The van der Waals surface area contributed by atoms with Crippen molar-refractivity contribution in [2.45, 2.75) is 39.2 Å². The number of hydrogen-bond donors (Lipinski definition) is 2. The second kappa shape index (κ2) is 8.73. The first-order chi connectivity index (χ1) is 11.2. The Morgan fingerprint density at radius 1 is 1.12 bits per heavy atom. The van der Waals surface area contributed by atoms with Crippen LogP contribution in [0.5, 0.6) is 0 Å². The van der Waals surface area contributed by atoms with Crippen LogP contribution in [0.25, 0.3) is 0 Å². The van der Waals surface area contributed by atoms with E-state index in [0.29, 0.717) is 11.1 Å². The van der Waals surface area contributed by atoms with E-state index >= 15 is 0 Å². The topological polar surface area (TPSA) is 92.7 Å². The van der Waals surface area contributed by atoms with Crippen molar-refractivity contribution in [3.63, 3.8) is 0 Å². The van der Waals surface area contributed by atoms with Crippen molar-refractivity contribution in [3.05, 3.63) is 35.4 Å². The molecule has 0 bridgehead atoms. The molecule has 1 amide bonds. The van der Waals surface area contributed by atoms with Crippen LogP contribution in [0.3, 0.4) is 0 Å². The lowest BCUT2D eigenvalue weighted by atomic mass is 10.0. The van der Waals surface area contributed by atoms with Gasteiger partial charge in [0.15, 0.2) is 5.78 Å². The summed E-state index contributed by atoms with van der Waals surface area (Å²) >= 11 is 0. The summed E-state index contributed by atoms with van der Waals surface area (Å²) in [6.45, 7) is 5.47. The van der Waals surface area contributed by atoms with E-state index in [-0.39, 0.29) is 25.2 Å². The summed E-state index contributed by atoms with van der Waals surface area (Å²) in [4.78, 5) is 33.6. The van der Waals surface area contributed by atoms with Gasteiger partial charge in [0.05, 0.1) is 13.0 Å². The fourth-order valence-corrected chi connectivity index (χ4v) is 1.68. The van der Waals surface area contributed by atoms with Gasteiger partial charge in [0.2, 0.25) is 0 Å². The maximum atomic E-state index is 11.7. The highest BCUT2D eigenvalue weighted by Crippen LogP contribution is 2.08. The van der Waals surface area contributed by atoms with Crippen LogP contribution in [0, 0.1) is 11.8 Å². The molecule has 6 nitrogen and oxygen atoms in total. The van der Waals surface area contributed by atoms with Gasteiger partial charge in [0.1, 0.15) is 5.60 Å². The van der Waals surface area contributed by atoms with Crippen LogP contribution < -0.4 is 5.32 Å². The zero-order chi connectivity index (χ0) is 18.2. The van der Waals surface area contributed by atoms with Gasteiger partial charge in [-0.1, -0.05) is 24.0 Å². The molecule has 0 heterocycles. The molecule has 2 N–H and O–H groups in total. The minimum Gasteiger partial charge on any atom is -0.481 e. The van der Waals surface area contributed by atoms with E-state index in [2.05, 4.69) is 17.2 Å². The number of carbonyl (C=O) groups is 3. The van der Waals surface area contributed by atoms with Crippen molar-refractivity contribution in [1.82, 2.24) is 5.32 Å². The molecule has 1 aromatic carbocycles. The van der Waals surface area contributed by atoms with Gasteiger partial charge >= 0.3 is 12.1 Å². The number of alkyl carbamates (subject to hydrolysis) is 1. The second-order valence-corrected chi connectivity index (χ2v) is 6.05. The van der Waals surface area contributed by atoms with Crippen molar-refractivity contribution in [2.75, 3.05) is 6.54 Å². The predicted octanol–water partition coefficient (Wildman–Crippen LogP) is 2.61. The molecule has 0 spiro atoms. The third kappa shape index (κ3) is 7.99. The van der Waals surface area contributed by atoms with Gasteiger partial charge in [0.25, 0.3) is 0 Å². The Hall–Kier alpha value is -2.81. The van der Waals surface area contributed by atoms with Crippen molar-refractivity contribution in [2.24, 2.45) is 0 Å². The number of aliphatic carboxylic acids is 1. The number of amides is 1. The Morgan fingerprint density at radius 3 is 2.29 bits per heavy atom. The molecule has 1 aromatic rings. The first-order valence-electron chi connectivity index (χ1n) is 7.48. The lowest BCUT2D eigenvalue weighted by Crippen LogP contribution is -2.32. The van der Waals surface area contributed by atoms with E-state index in [1.54, 1.807) is 45.0 Å². The van der Waals surface area contributed by atoms with Gasteiger partial charge in [-0.15, -0.1) is 0 Å². The van der Waals surface area contributed by atoms with Gasteiger partial charge < -0.3 is 15.2 Å². The summed E-state index contributed by atoms with van der Waals surface area (Å²) in [6, 6.07) is 6.56. The number of benzene rings is 1. The summed E-state index contributed by atoms with van der Waals surface area (Å²) < 4.78 is 5.07. The smallest absolute Gasteiger partial charge is 0.408 e. The molecule has 0 aromatic heterocycles. The predicted molar refractivity (Wildman–Crippen MR) is 88.8 cm³/mol. The number of carboxylic acids is 1. The van der Waals surface area contributed by atoms with Gasteiger partial charge in [0, 0.05) is 17.5 Å². The molecule has 24 heavy (non-hydrogen) atoms. The molecular weight excluding hydrogens is 310 g/mol. The summed E-state index contributed by atoms with van der Waals surface area (Å²) in [6.07, 6.45) is -0.743. The van der Waals surface area contributed by atoms with Crippen LogP contribution in [0.15, 0.2) is 24.3 Å². The Labute approximate surface area is 141 Å². The van der Waals surface area contributed by atoms with E-state index in [0.717, 1.165) is 0 Å². The normalized spacial score (nSPS) is 10.3. The van der Waals surface area contributed by atoms with E-state index in [1.165, 1.54) is 0 Å². The Morgan fingerprint density at radius 2 is 1.75 bits per heavy atom. The molecule has 0 unspecified atom stereocenters. The van der Waals surface area contributed by atoms with Crippen LogP contribution in [0.4, 0.5) is 4.79 Å². The van der Waals surface area contributed by atoms with Crippen molar-refractivity contribution < 1.29 is 24.2 Å². The van der Waals surface area contributed by atoms with Gasteiger partial charge in [-0.3, -0.25) is 9.59 Å². The third-order valence-corrected chi connectivity index (χ3v) is 2.73. The summed E-state index contributed by atoms with van der Waals surface area (Å²) in [5.41, 5.74) is 0.588. The number of carboxylic acid groups (broad SMARTS) is 1. The van der Waals surface area contributed by atoms with Gasteiger partial charge in [-0.25, -0.2) is 4.79 Å². The lowest BCUT2D eigenvalue weighted by Gasteiger charge is -2.18. The molecule has 0 atom stereocenters. The molecule has 0 radical (unpaired) electrons. The van der Waals surface area contributed by atoms with E-state index in [1.807, 2.05) is 0 Å². The van der Waals surface area contributed by atoms with Crippen LogP contribution in [0.1, 0.15) is 49.5 Å². The van der Waals surface area contributed by atoms with Crippen LogP contribution >= 0.6 is 0 Å². The molecule has 0 fully saturated rings. The van der Waals surface area contributed by atoms with Gasteiger partial charge in [-0.2, -0.15) is 0 Å². The number of hydrogen-bond acceptors (Lipinski definition) is 4. The minimum absolute atomic E-state index is 0.0276. The molecule has 128 valence electrons. The summed E-state index contributed by atoms with van der Waals surface area (Å²) in [7, 11) is 0. The minimum atomic E-state index is -0.997. The zero-order valence-corrected chi connectivity index (χ0v) is 14.0. The average Bonchev–Trinajstić information content (AvgIpc) is 2.48. The maximum absolute atomic E-state index is 11.7. The number of Topliss-reactive ketones (excluding diaryl/α,β-unsaturated/α-hetero) is 1. The zero-order valence-electron chi connectivity index (χ0n) is 14.0. The number of ketones is 1. The van der Waals surface area contributed by atoms with Crippen molar-refractivity contribution in [1.29, 1.82) is 0 Å². The number of rotatable bonds is 5. The van der Waals surface area contributed by atoms with Gasteiger partial charge in [-0.05, 0) is 32.9 Å². The van der Waals surface area contributed by atoms with Crippen LogP contribution in [-0.2, 0) is 9.53 Å². The summed E-state index contributed by atoms with van der Waals surface area (Å²) in [5.74, 6) is 4.42. The monoisotopic (exact) mass is 331 g/mol. The fraction of sp³-hybridized carbons (Fsp3) is 0.389. The van der Waals surface area contributed by atoms with E-state index in [9.17, 15) is 14.4 Å². The molecule has 6 heteroatoms. The quantitative estimate of drug-likeness (QED) is 0.639. The molecule has 0 aliphatic rings. The Bertz CT molecular complexity index is 659. The van der Waals surface area contributed by atoms with E-state index < -0.39 is 17.7 Å². The maximum Gasteiger partial charge on any atom is 0.408 e. The standard InChI is InChI=1S/C18H21NO5/c1-18(2,3)24-17(23)19-12-4-5-13-6-8-14(9-7-13)15(20)10-11-16(21)22/h6-9H,10-12H2,1-3H3,(H,19,23)(H,21,22). The number of carbonyl (C=O) groups excluding carboxylic acids is 2. The van der Waals surface area contributed by atoms with Crippen molar-refractivity contribution >= 4 is 17.8 Å². The highest BCUT2D eigenvalue weighted by molar-refractivity contribution is 5.97. The molecular formula is C18H21NO5. The first-order valence-corrected chi connectivity index (χ1v) is 7.48. The molecule has 0 aliphatic heterocycles. The number of ether oxygens (including phenoxy) is 1. The van der Waals surface area contributed by atoms with Crippen LogP contribution in [0.2, 0.25) is 0 Å². The molecule has 1 rings (SSSR count). The molecule has 0 aliphatic carbocycles. The SMILES string of the molecule is CC(C)(C)OC(=O)NCC#Cc1ccc(C(=O)CCC(=O)O)cc1. The lowest BCUT2D eigenvalue weighted by molar-refractivity contribution is -0.136. The van der Waals surface area contributed by atoms with Crippen molar-refractivity contribution in [3.8, 4) is 11.8 Å². The second-order valence-electron chi connectivity index (χ2n) is 6.05. The highest BCUT2D eigenvalue weighted by atomic mass is 16.6.